The van der Waals surface area contributed by atoms with Gasteiger partial charge in [0.2, 0.25) is 0 Å². The number of amides is 2. The van der Waals surface area contributed by atoms with Crippen LogP contribution in [0, 0.1) is 0 Å². The number of carbonyl (C=O) groups is 3. The lowest BCUT2D eigenvalue weighted by Gasteiger charge is -2.32. The number of imide groups is 1. The number of pyridine rings is 1. The molecule has 3 heterocycles. The quantitative estimate of drug-likeness (QED) is 0.357. The highest BCUT2D eigenvalue weighted by molar-refractivity contribution is 6.62. The number of aromatic nitrogens is 3. The van der Waals surface area contributed by atoms with E-state index in [0.29, 0.717) is 10.4 Å². The van der Waals surface area contributed by atoms with Crippen LogP contribution in [0.4, 0.5) is 20.2 Å². The summed E-state index contributed by atoms with van der Waals surface area (Å²) in [6.45, 7) is 22.7. The third kappa shape index (κ3) is 6.93. The smallest absolute Gasteiger partial charge is 0.443 e. The first-order chi connectivity index (χ1) is 17.9. The van der Waals surface area contributed by atoms with Gasteiger partial charge in [0, 0.05) is 11.7 Å². The van der Waals surface area contributed by atoms with Crippen molar-refractivity contribution in [3.05, 3.63) is 12.3 Å². The second-order valence-electron chi connectivity index (χ2n) is 13.7. The first-order valence-corrected chi connectivity index (χ1v) is 13.1. The van der Waals surface area contributed by atoms with Gasteiger partial charge in [0.25, 0.3) is 0 Å². The number of ether oxygens (including phenoxy) is 3. The van der Waals surface area contributed by atoms with Crippen molar-refractivity contribution < 1.29 is 37.9 Å². The molecule has 1 aliphatic heterocycles. The second kappa shape index (κ2) is 10.0. The van der Waals surface area contributed by atoms with Crippen molar-refractivity contribution in [3.63, 3.8) is 0 Å². The predicted octanol–water partition coefficient (Wildman–Crippen LogP) is 5.19. The zero-order valence-electron chi connectivity index (χ0n) is 25.8. The fourth-order valence-electron chi connectivity index (χ4n) is 3.57. The number of fused-ring (bicyclic) bond motifs is 1. The van der Waals surface area contributed by atoms with Crippen molar-refractivity contribution in [1.82, 2.24) is 14.8 Å². The summed E-state index contributed by atoms with van der Waals surface area (Å²) in [6.07, 6.45) is -1.45. The van der Waals surface area contributed by atoms with Crippen molar-refractivity contribution in [2.24, 2.45) is 0 Å². The molecule has 0 aromatic carbocycles. The normalized spacial score (nSPS) is 17.1. The van der Waals surface area contributed by atoms with E-state index >= 15 is 0 Å². The molecule has 0 atom stereocenters. The Morgan fingerprint density at radius 1 is 0.825 bits per heavy atom. The SMILES string of the molecule is CC(C)(C)OC(=O)N(C(=O)OC(C)(C)C)c1nn(C(=O)OC(C)(C)C)c2ncc(B3OC(C)(C)C(C)(C)O3)cc12. The summed E-state index contributed by atoms with van der Waals surface area (Å²) in [4.78, 5) is 45.1. The maximum absolute atomic E-state index is 13.4. The summed E-state index contributed by atoms with van der Waals surface area (Å²) in [5.41, 5.74) is -3.48. The van der Waals surface area contributed by atoms with Crippen LogP contribution in [0.25, 0.3) is 11.0 Å². The standard InChI is InChI=1S/C27H41BN4O8/c1-23(2,3)36-20(33)31(21(34)37-24(4,5)6)19-17-14-16(28-39-26(10,11)27(12,13)40-28)15-29-18(17)32(30-19)22(35)38-25(7,8)9/h14-15H,1-13H3. The van der Waals surface area contributed by atoms with Gasteiger partial charge in [-0.25, -0.2) is 19.4 Å². The van der Waals surface area contributed by atoms with Crippen molar-refractivity contribution in [3.8, 4) is 0 Å². The minimum Gasteiger partial charge on any atom is -0.443 e. The Labute approximate surface area is 235 Å². The van der Waals surface area contributed by atoms with Crippen molar-refractivity contribution >= 4 is 47.7 Å². The van der Waals surface area contributed by atoms with E-state index in [9.17, 15) is 14.4 Å². The van der Waals surface area contributed by atoms with Gasteiger partial charge >= 0.3 is 25.4 Å². The molecule has 1 aliphatic rings. The van der Waals surface area contributed by atoms with Gasteiger partial charge in [0.15, 0.2) is 11.5 Å². The minimum atomic E-state index is -1.04. The van der Waals surface area contributed by atoms with Gasteiger partial charge in [-0.3, -0.25) is 0 Å². The number of hydrogen-bond acceptors (Lipinski definition) is 10. The van der Waals surface area contributed by atoms with E-state index < -0.39 is 53.4 Å². The van der Waals surface area contributed by atoms with E-state index in [1.165, 1.54) is 6.20 Å². The molecule has 13 heteroatoms. The third-order valence-corrected chi connectivity index (χ3v) is 5.98. The van der Waals surface area contributed by atoms with Crippen LogP contribution < -0.4 is 10.4 Å². The topological polar surface area (TPSA) is 131 Å². The summed E-state index contributed by atoms with van der Waals surface area (Å²) >= 11 is 0. The Morgan fingerprint density at radius 2 is 1.27 bits per heavy atom. The van der Waals surface area contributed by atoms with Crippen LogP contribution in [-0.2, 0) is 23.5 Å². The largest absolute Gasteiger partial charge is 0.496 e. The van der Waals surface area contributed by atoms with E-state index in [-0.39, 0.29) is 16.9 Å². The summed E-state index contributed by atoms with van der Waals surface area (Å²) in [5, 5.41) is 4.50. The molecule has 3 rings (SSSR count). The van der Waals surface area contributed by atoms with Gasteiger partial charge in [0.05, 0.1) is 16.6 Å². The first-order valence-electron chi connectivity index (χ1n) is 13.1. The molecule has 40 heavy (non-hydrogen) atoms. The molecule has 0 unspecified atom stereocenters. The summed E-state index contributed by atoms with van der Waals surface area (Å²) in [6, 6.07) is 1.61. The van der Waals surface area contributed by atoms with Crippen LogP contribution in [-0.4, -0.2) is 68.2 Å². The lowest BCUT2D eigenvalue weighted by Crippen LogP contribution is -2.44. The summed E-state index contributed by atoms with van der Waals surface area (Å²) < 4.78 is 29.8. The van der Waals surface area contributed by atoms with E-state index in [0.717, 1.165) is 4.68 Å². The van der Waals surface area contributed by atoms with E-state index in [2.05, 4.69) is 10.1 Å². The van der Waals surface area contributed by atoms with Crippen LogP contribution in [0.15, 0.2) is 12.3 Å². The second-order valence-corrected chi connectivity index (χ2v) is 13.7. The fourth-order valence-corrected chi connectivity index (χ4v) is 3.57. The van der Waals surface area contributed by atoms with E-state index in [1.807, 2.05) is 27.7 Å². The number of carbonyl (C=O) groups excluding carboxylic acids is 3. The Balaban J connectivity index is 2.25. The van der Waals surface area contributed by atoms with Crippen LogP contribution in [0.2, 0.25) is 0 Å². The van der Waals surface area contributed by atoms with E-state index in [1.54, 1.807) is 68.4 Å². The van der Waals surface area contributed by atoms with E-state index in [4.69, 9.17) is 23.5 Å². The van der Waals surface area contributed by atoms with Crippen LogP contribution >= 0.6 is 0 Å². The molecular formula is C27H41BN4O8. The maximum Gasteiger partial charge on any atom is 0.496 e. The number of anilines is 1. The molecule has 0 spiro atoms. The Bertz CT molecular complexity index is 1270. The Morgan fingerprint density at radius 3 is 1.70 bits per heavy atom. The highest BCUT2D eigenvalue weighted by atomic mass is 16.7. The zero-order chi connectivity index (χ0) is 30.6. The number of nitrogens with zero attached hydrogens (tertiary/aromatic N) is 4. The third-order valence-electron chi connectivity index (χ3n) is 5.98. The highest BCUT2D eigenvalue weighted by Gasteiger charge is 2.52. The zero-order valence-corrected chi connectivity index (χ0v) is 25.8. The monoisotopic (exact) mass is 560 g/mol. The van der Waals surface area contributed by atoms with Gasteiger partial charge in [-0.1, -0.05) is 0 Å². The lowest BCUT2D eigenvalue weighted by molar-refractivity contribution is 0.00578. The molecule has 0 N–H and O–H groups in total. The average Bonchev–Trinajstić information content (AvgIpc) is 3.17. The van der Waals surface area contributed by atoms with Crippen molar-refractivity contribution in [2.45, 2.75) is 118 Å². The summed E-state index contributed by atoms with van der Waals surface area (Å²) in [5.74, 6) is -0.227. The molecular weight excluding hydrogens is 519 g/mol. The number of rotatable bonds is 2. The summed E-state index contributed by atoms with van der Waals surface area (Å²) in [7, 11) is -0.809. The van der Waals surface area contributed by atoms with Gasteiger partial charge in [-0.05, 0) is 96.1 Å². The Kier molecular flexibility index (Phi) is 7.85. The highest BCUT2D eigenvalue weighted by Crippen LogP contribution is 2.37. The fraction of sp³-hybridized carbons (Fsp3) is 0.667. The molecule has 0 bridgehead atoms. The molecule has 2 amide bonds. The first kappa shape index (κ1) is 31.3. The molecule has 0 aliphatic carbocycles. The molecule has 2 aromatic heterocycles. The minimum absolute atomic E-state index is 0.0432. The van der Waals surface area contributed by atoms with Crippen LogP contribution in [0.1, 0.15) is 90.0 Å². The van der Waals surface area contributed by atoms with Crippen molar-refractivity contribution in [1.29, 1.82) is 0 Å². The molecule has 0 saturated carbocycles. The predicted molar refractivity (Wildman–Crippen MR) is 150 cm³/mol. The van der Waals surface area contributed by atoms with Gasteiger partial charge in [-0.2, -0.15) is 4.90 Å². The molecule has 0 radical (unpaired) electrons. The molecule has 1 fully saturated rings. The number of hydrogen-bond donors (Lipinski definition) is 0. The average molecular weight is 560 g/mol. The van der Waals surface area contributed by atoms with Crippen LogP contribution in [0.5, 0.6) is 0 Å². The van der Waals surface area contributed by atoms with Gasteiger partial charge in [0.1, 0.15) is 16.8 Å². The molecule has 220 valence electrons. The maximum atomic E-state index is 13.4. The van der Waals surface area contributed by atoms with Crippen LogP contribution in [0.3, 0.4) is 0 Å². The molecule has 2 aromatic rings. The molecule has 1 saturated heterocycles. The molecule has 12 nitrogen and oxygen atoms in total. The van der Waals surface area contributed by atoms with Gasteiger partial charge < -0.3 is 23.5 Å². The lowest BCUT2D eigenvalue weighted by atomic mass is 9.80. The Hall–Kier alpha value is -3.19. The van der Waals surface area contributed by atoms with Crippen molar-refractivity contribution in [2.75, 3.05) is 4.90 Å². The van der Waals surface area contributed by atoms with Gasteiger partial charge in [-0.15, -0.1) is 9.78 Å².